The molecule has 3 rings (SSSR count). The lowest BCUT2D eigenvalue weighted by molar-refractivity contribution is -0.140. The Morgan fingerprint density at radius 3 is 1.93 bits per heavy atom. The fourth-order valence-electron chi connectivity index (χ4n) is 7.21. The summed E-state index contributed by atoms with van der Waals surface area (Å²) in [6.07, 6.45) is 3.95. The number of aliphatic carboxylic acids is 1. The van der Waals surface area contributed by atoms with E-state index in [1.807, 2.05) is 12.1 Å². The van der Waals surface area contributed by atoms with Crippen LogP contribution in [0.15, 0.2) is 48.0 Å². The van der Waals surface area contributed by atoms with Gasteiger partial charge in [-0.1, -0.05) is 45.9 Å². The Morgan fingerprint density at radius 2 is 1.32 bits per heavy atom. The monoisotopic (exact) mass is 994 g/mol. The topological polar surface area (TPSA) is 422 Å². The van der Waals surface area contributed by atoms with Crippen LogP contribution in [-0.4, -0.2) is 141 Å². The first kappa shape index (κ1) is 57.3. The number of aromatic amines is 2. The van der Waals surface area contributed by atoms with E-state index < -0.39 is 120 Å². The molecule has 0 unspecified atom stereocenters. The summed E-state index contributed by atoms with van der Waals surface area (Å²) in [6.45, 7) is 8.94. The number of primary amides is 1. The number of fused-ring (bicyclic) bond motifs is 1. The van der Waals surface area contributed by atoms with Crippen molar-refractivity contribution in [1.82, 2.24) is 57.5 Å². The first-order valence-corrected chi connectivity index (χ1v) is 22.9. The fraction of sp³-hybridized carbons (Fsp3) is 0.511. The average Bonchev–Trinajstić information content (AvgIpc) is 3.96. The second kappa shape index (κ2) is 27.8. The minimum atomic E-state index is -1.55. The van der Waals surface area contributed by atoms with Crippen molar-refractivity contribution in [2.24, 2.45) is 34.0 Å². The van der Waals surface area contributed by atoms with E-state index in [1.165, 1.54) is 26.4 Å². The molecule has 2 heterocycles. The molecule has 9 amide bonds. The standard InChI is InChI=1S/C45H67N15O11/c1-22(2)14-32(42(69)57-31(38(46)65)17-36(63)64)56-35(62)20-52-39(66)24(5)54-41(68)33(15-26-18-51-29-11-8-7-10-28(26)29)58-43(70)34(16-27-19-49-21-53-27)59-44(71)37(23(3)4)60-40(67)30(55-25(6)61)12-9-13-50-45(47)48/h7-8,10-11,18-19,21-24,30-34,37,51H,9,12-17,20H2,1-6H3,(H2,46,65)(H,49,53)(H,52,66)(H,54,68)(H,55,61)(H,56,62)(H,57,69)(H,58,70)(H,59,71)(H,60,67)(H,63,64)(H4,47,48,50)/t24-,30-,31-,32-,33-,34-,37-/m0/s1. The molecule has 0 spiro atoms. The third kappa shape index (κ3) is 19.5. The van der Waals surface area contributed by atoms with Gasteiger partial charge in [0.1, 0.15) is 42.3 Å². The van der Waals surface area contributed by atoms with Crippen LogP contribution in [0.2, 0.25) is 0 Å². The number of imidazole rings is 1. The Labute approximate surface area is 409 Å². The van der Waals surface area contributed by atoms with Gasteiger partial charge in [-0.05, 0) is 49.7 Å². The van der Waals surface area contributed by atoms with Crippen LogP contribution in [0.1, 0.15) is 78.5 Å². The highest BCUT2D eigenvalue weighted by Crippen LogP contribution is 2.20. The van der Waals surface area contributed by atoms with Crippen molar-refractivity contribution in [2.75, 3.05) is 13.1 Å². The Morgan fingerprint density at radius 1 is 0.704 bits per heavy atom. The highest BCUT2D eigenvalue weighted by molar-refractivity contribution is 5.98. The highest BCUT2D eigenvalue weighted by Gasteiger charge is 2.34. The maximum Gasteiger partial charge on any atom is 0.305 e. The average molecular weight is 994 g/mol. The van der Waals surface area contributed by atoms with E-state index in [1.54, 1.807) is 46.0 Å². The van der Waals surface area contributed by atoms with Gasteiger partial charge in [-0.25, -0.2) is 4.98 Å². The minimum absolute atomic E-state index is 0.0748. The Hall–Kier alpha value is -8.06. The van der Waals surface area contributed by atoms with E-state index in [-0.39, 0.29) is 44.1 Å². The second-order valence-corrected chi connectivity index (χ2v) is 17.7. The summed E-state index contributed by atoms with van der Waals surface area (Å²) in [7, 11) is 0. The molecule has 0 aliphatic carbocycles. The number of nitrogens with zero attached hydrogens (tertiary/aromatic N) is 2. The molecule has 0 aliphatic heterocycles. The number of amides is 9. The van der Waals surface area contributed by atoms with Gasteiger partial charge in [-0.15, -0.1) is 0 Å². The number of para-hydroxylation sites is 1. The van der Waals surface area contributed by atoms with E-state index in [2.05, 4.69) is 62.5 Å². The number of aliphatic imine (C=N–C) groups is 1. The molecule has 0 radical (unpaired) electrons. The number of carbonyl (C=O) groups excluding carboxylic acids is 9. The molecule has 0 fully saturated rings. The van der Waals surface area contributed by atoms with Crippen LogP contribution in [0.25, 0.3) is 10.9 Å². The number of carbonyl (C=O) groups is 10. The number of hydrogen-bond acceptors (Lipinski definition) is 12. The lowest BCUT2D eigenvalue weighted by atomic mass is 10.0. The number of H-pyrrole nitrogens is 2. The third-order valence-corrected chi connectivity index (χ3v) is 10.8. The van der Waals surface area contributed by atoms with Crippen molar-refractivity contribution >= 4 is 76.0 Å². The highest BCUT2D eigenvalue weighted by atomic mass is 16.4. The lowest BCUT2D eigenvalue weighted by Gasteiger charge is -2.28. The van der Waals surface area contributed by atoms with Gasteiger partial charge in [0.2, 0.25) is 53.2 Å². The van der Waals surface area contributed by atoms with Crippen molar-refractivity contribution in [3.05, 3.63) is 54.2 Å². The molecule has 2 aromatic heterocycles. The fourth-order valence-corrected chi connectivity index (χ4v) is 7.21. The van der Waals surface area contributed by atoms with Crippen LogP contribution in [0.3, 0.4) is 0 Å². The Balaban J connectivity index is 1.82. The van der Waals surface area contributed by atoms with Gasteiger partial charge < -0.3 is 74.8 Å². The van der Waals surface area contributed by atoms with Crippen molar-refractivity contribution < 1.29 is 53.1 Å². The lowest BCUT2D eigenvalue weighted by Crippen LogP contribution is -2.60. The molecule has 26 heteroatoms. The number of nitrogens with two attached hydrogens (primary N) is 3. The minimum Gasteiger partial charge on any atom is -0.481 e. The van der Waals surface area contributed by atoms with E-state index in [0.29, 0.717) is 17.7 Å². The molecule has 1 aromatic carbocycles. The third-order valence-electron chi connectivity index (χ3n) is 10.8. The van der Waals surface area contributed by atoms with Gasteiger partial charge in [-0.3, -0.25) is 52.9 Å². The number of aromatic nitrogens is 3. The number of carboxylic acids is 1. The van der Waals surface area contributed by atoms with Crippen LogP contribution in [-0.2, 0) is 60.8 Å². The first-order valence-electron chi connectivity index (χ1n) is 22.9. The van der Waals surface area contributed by atoms with Gasteiger partial charge in [0.05, 0.1) is 19.3 Å². The Kier molecular flexibility index (Phi) is 22.4. The Bertz CT molecular complexity index is 2380. The van der Waals surface area contributed by atoms with Gasteiger partial charge >= 0.3 is 5.97 Å². The number of nitrogens with one attached hydrogen (secondary N) is 10. The molecule has 0 saturated heterocycles. The predicted octanol–water partition coefficient (Wildman–Crippen LogP) is -3.06. The van der Waals surface area contributed by atoms with Crippen LogP contribution < -0.4 is 59.7 Å². The SMILES string of the molecule is CC(=O)N[C@@H](CCCN=C(N)N)C(=O)N[C@H](C(=O)N[C@@H](Cc1cnc[nH]1)C(=O)N[C@@H](Cc1c[nH]c2ccccc12)C(=O)N[C@@H](C)C(=O)NCC(=O)N[C@@H](CC(C)C)C(=O)N[C@@H](CC(=O)O)C(N)=O)C(C)C. The van der Waals surface area contributed by atoms with E-state index in [0.717, 1.165) is 10.9 Å². The summed E-state index contributed by atoms with van der Waals surface area (Å²) in [6, 6.07) is -1.88. The molecular formula is C45H67N15O11. The van der Waals surface area contributed by atoms with Crippen LogP contribution in [0.5, 0.6) is 0 Å². The van der Waals surface area contributed by atoms with Crippen molar-refractivity contribution in [3.8, 4) is 0 Å². The second-order valence-electron chi connectivity index (χ2n) is 17.7. The normalized spacial score (nSPS) is 14.0. The van der Waals surface area contributed by atoms with E-state index >= 15 is 0 Å². The summed E-state index contributed by atoms with van der Waals surface area (Å²) in [5, 5.41) is 30.2. The van der Waals surface area contributed by atoms with Gasteiger partial charge in [-0.2, -0.15) is 0 Å². The summed E-state index contributed by atoms with van der Waals surface area (Å²) in [5.41, 5.74) is 17.8. The van der Waals surface area contributed by atoms with Gasteiger partial charge in [0, 0.05) is 55.3 Å². The van der Waals surface area contributed by atoms with E-state index in [4.69, 9.17) is 22.3 Å². The van der Waals surface area contributed by atoms with Gasteiger partial charge in [0.25, 0.3) is 0 Å². The molecule has 0 bridgehead atoms. The maximum atomic E-state index is 14.4. The van der Waals surface area contributed by atoms with Crippen LogP contribution >= 0.6 is 0 Å². The molecule has 17 N–H and O–H groups in total. The first-order chi connectivity index (χ1) is 33.4. The quantitative estimate of drug-likeness (QED) is 0.0187. The molecule has 71 heavy (non-hydrogen) atoms. The number of rotatable bonds is 29. The summed E-state index contributed by atoms with van der Waals surface area (Å²) in [5.74, 6) is -9.40. The predicted molar refractivity (Wildman–Crippen MR) is 258 cm³/mol. The molecule has 388 valence electrons. The summed E-state index contributed by atoms with van der Waals surface area (Å²) in [4.78, 5) is 144. The van der Waals surface area contributed by atoms with Gasteiger partial charge in [0.15, 0.2) is 5.96 Å². The number of carboxylic acid groups (broad SMARTS) is 1. The zero-order valence-electron chi connectivity index (χ0n) is 40.6. The van der Waals surface area contributed by atoms with Crippen molar-refractivity contribution in [3.63, 3.8) is 0 Å². The van der Waals surface area contributed by atoms with E-state index in [9.17, 15) is 47.9 Å². The molecule has 0 aliphatic rings. The summed E-state index contributed by atoms with van der Waals surface area (Å²) >= 11 is 0. The molecule has 0 saturated carbocycles. The number of benzene rings is 1. The van der Waals surface area contributed by atoms with Crippen LogP contribution in [0.4, 0.5) is 0 Å². The zero-order chi connectivity index (χ0) is 52.9. The maximum absolute atomic E-state index is 14.4. The zero-order valence-corrected chi connectivity index (χ0v) is 40.6. The molecule has 7 atom stereocenters. The smallest absolute Gasteiger partial charge is 0.305 e. The largest absolute Gasteiger partial charge is 0.481 e. The van der Waals surface area contributed by atoms with Crippen molar-refractivity contribution in [1.29, 1.82) is 0 Å². The van der Waals surface area contributed by atoms with Crippen LogP contribution in [0, 0.1) is 11.8 Å². The van der Waals surface area contributed by atoms with Crippen molar-refractivity contribution in [2.45, 2.75) is 122 Å². The summed E-state index contributed by atoms with van der Waals surface area (Å²) < 4.78 is 0. The molecular weight excluding hydrogens is 927 g/mol. The molecule has 26 nitrogen and oxygen atoms in total. The molecule has 3 aromatic rings. The number of hydrogen-bond donors (Lipinski definition) is 14. The number of guanidine groups is 1.